The standard InChI is InChI=1S/C8H15N2/c1-2-8(6-9-4-1)3-5-10-7-8/h9H,1-7H2. The highest BCUT2D eigenvalue weighted by atomic mass is 15.0. The monoisotopic (exact) mass is 139 g/mol. The Labute approximate surface area is 62.4 Å². The quantitative estimate of drug-likeness (QED) is 0.515. The summed E-state index contributed by atoms with van der Waals surface area (Å²) in [6.07, 6.45) is 4.10. The lowest BCUT2D eigenvalue weighted by Gasteiger charge is -2.32. The summed E-state index contributed by atoms with van der Waals surface area (Å²) in [5, 5.41) is 7.88. The van der Waals surface area contributed by atoms with Crippen LogP contribution in [-0.2, 0) is 0 Å². The number of hydrogen-bond donors (Lipinski definition) is 1. The van der Waals surface area contributed by atoms with Crippen molar-refractivity contribution < 1.29 is 0 Å². The van der Waals surface area contributed by atoms with Gasteiger partial charge in [0.25, 0.3) is 0 Å². The molecule has 57 valence electrons. The van der Waals surface area contributed by atoms with E-state index in [9.17, 15) is 0 Å². The highest BCUT2D eigenvalue weighted by Crippen LogP contribution is 2.32. The molecule has 0 aromatic carbocycles. The van der Waals surface area contributed by atoms with Gasteiger partial charge in [-0.2, -0.15) is 0 Å². The van der Waals surface area contributed by atoms with Crippen LogP contribution in [0.1, 0.15) is 19.3 Å². The van der Waals surface area contributed by atoms with Crippen molar-refractivity contribution in [2.24, 2.45) is 5.41 Å². The van der Waals surface area contributed by atoms with Crippen LogP contribution in [0.5, 0.6) is 0 Å². The first-order chi connectivity index (χ1) is 4.91. The van der Waals surface area contributed by atoms with Gasteiger partial charge < -0.3 is 5.32 Å². The molecule has 0 aliphatic carbocycles. The molecule has 1 atom stereocenters. The minimum Gasteiger partial charge on any atom is -0.316 e. The van der Waals surface area contributed by atoms with Gasteiger partial charge >= 0.3 is 0 Å². The highest BCUT2D eigenvalue weighted by Gasteiger charge is 2.35. The van der Waals surface area contributed by atoms with Gasteiger partial charge in [0.05, 0.1) is 0 Å². The molecule has 2 heterocycles. The van der Waals surface area contributed by atoms with Gasteiger partial charge in [-0.3, -0.25) is 0 Å². The zero-order valence-electron chi connectivity index (χ0n) is 6.40. The van der Waals surface area contributed by atoms with E-state index in [-0.39, 0.29) is 0 Å². The third kappa shape index (κ3) is 1.06. The maximum Gasteiger partial charge on any atom is 0.0202 e. The average molecular weight is 139 g/mol. The molecule has 2 saturated heterocycles. The molecule has 1 unspecified atom stereocenters. The number of hydrogen-bond acceptors (Lipinski definition) is 1. The van der Waals surface area contributed by atoms with Crippen molar-refractivity contribution in [3.05, 3.63) is 0 Å². The van der Waals surface area contributed by atoms with E-state index in [2.05, 4.69) is 10.6 Å². The van der Waals surface area contributed by atoms with E-state index in [1.54, 1.807) is 0 Å². The molecule has 10 heavy (non-hydrogen) atoms. The summed E-state index contributed by atoms with van der Waals surface area (Å²) in [5.74, 6) is 0. The molecular weight excluding hydrogens is 124 g/mol. The highest BCUT2D eigenvalue weighted by molar-refractivity contribution is 4.91. The van der Waals surface area contributed by atoms with Crippen LogP contribution in [0, 0.1) is 5.41 Å². The van der Waals surface area contributed by atoms with Crippen molar-refractivity contribution in [2.75, 3.05) is 26.2 Å². The van der Waals surface area contributed by atoms with Crippen molar-refractivity contribution in [1.29, 1.82) is 0 Å². The van der Waals surface area contributed by atoms with Gasteiger partial charge in [0.2, 0.25) is 0 Å². The Morgan fingerprint density at radius 2 is 2.30 bits per heavy atom. The van der Waals surface area contributed by atoms with Crippen molar-refractivity contribution in [1.82, 2.24) is 10.6 Å². The molecule has 2 rings (SSSR count). The Morgan fingerprint density at radius 1 is 1.30 bits per heavy atom. The molecule has 2 aliphatic heterocycles. The molecule has 0 bridgehead atoms. The maximum atomic E-state index is 4.42. The molecule has 2 aliphatic rings. The van der Waals surface area contributed by atoms with Crippen LogP contribution in [0.15, 0.2) is 0 Å². The second-order valence-electron chi connectivity index (χ2n) is 3.64. The van der Waals surface area contributed by atoms with E-state index in [0.717, 1.165) is 13.1 Å². The third-order valence-corrected chi connectivity index (χ3v) is 2.81. The normalized spacial score (nSPS) is 40.8. The molecular formula is C8H15N2. The molecule has 2 nitrogen and oxygen atoms in total. The second kappa shape index (κ2) is 2.51. The van der Waals surface area contributed by atoms with Gasteiger partial charge in [0.15, 0.2) is 0 Å². The fourth-order valence-corrected chi connectivity index (χ4v) is 2.09. The summed E-state index contributed by atoms with van der Waals surface area (Å²) in [6.45, 7) is 4.68. The Balaban J connectivity index is 1.98. The molecule has 2 heteroatoms. The Bertz CT molecular complexity index is 108. The molecule has 2 fully saturated rings. The fraction of sp³-hybridized carbons (Fsp3) is 1.00. The second-order valence-corrected chi connectivity index (χ2v) is 3.64. The molecule has 0 amide bonds. The smallest absolute Gasteiger partial charge is 0.0202 e. The molecule has 0 aromatic rings. The number of nitrogens with one attached hydrogen (secondary N) is 1. The zero-order valence-corrected chi connectivity index (χ0v) is 6.40. The summed E-state index contributed by atoms with van der Waals surface area (Å²) >= 11 is 0. The van der Waals surface area contributed by atoms with E-state index in [1.807, 2.05) is 0 Å². The van der Waals surface area contributed by atoms with Crippen molar-refractivity contribution in [3.63, 3.8) is 0 Å². The first kappa shape index (κ1) is 6.62. The van der Waals surface area contributed by atoms with E-state index in [0.29, 0.717) is 5.41 Å². The molecule has 1 spiro atoms. The topological polar surface area (TPSA) is 26.1 Å². The minimum atomic E-state index is 0.595. The fourth-order valence-electron chi connectivity index (χ4n) is 2.09. The van der Waals surface area contributed by atoms with Crippen molar-refractivity contribution in [2.45, 2.75) is 19.3 Å². The third-order valence-electron chi connectivity index (χ3n) is 2.81. The predicted octanol–water partition coefficient (Wildman–Crippen LogP) is 0.364. The Hall–Kier alpha value is -0.0800. The number of piperidine rings is 1. The van der Waals surface area contributed by atoms with Gasteiger partial charge in [-0.1, -0.05) is 0 Å². The SMILES string of the molecule is C1CNCC2(C1)CC[N]C2. The Morgan fingerprint density at radius 3 is 2.90 bits per heavy atom. The average Bonchev–Trinajstić information content (AvgIpc) is 2.39. The largest absolute Gasteiger partial charge is 0.316 e. The Kier molecular flexibility index (Phi) is 1.66. The summed E-state index contributed by atoms with van der Waals surface area (Å²) < 4.78 is 0. The minimum absolute atomic E-state index is 0.595. The van der Waals surface area contributed by atoms with Crippen LogP contribution in [0.3, 0.4) is 0 Å². The molecule has 1 N–H and O–H groups in total. The van der Waals surface area contributed by atoms with E-state index in [1.165, 1.54) is 32.4 Å². The maximum absolute atomic E-state index is 4.42. The number of rotatable bonds is 0. The number of nitrogens with zero attached hydrogens (tertiary/aromatic N) is 1. The molecule has 0 aromatic heterocycles. The van der Waals surface area contributed by atoms with Gasteiger partial charge in [-0.25, -0.2) is 5.32 Å². The predicted molar refractivity (Wildman–Crippen MR) is 41.0 cm³/mol. The summed E-state index contributed by atoms with van der Waals surface area (Å²) in [7, 11) is 0. The first-order valence-electron chi connectivity index (χ1n) is 4.25. The van der Waals surface area contributed by atoms with Crippen molar-refractivity contribution in [3.8, 4) is 0 Å². The van der Waals surface area contributed by atoms with E-state index >= 15 is 0 Å². The van der Waals surface area contributed by atoms with Gasteiger partial charge in [0.1, 0.15) is 0 Å². The summed E-state index contributed by atoms with van der Waals surface area (Å²) in [5.41, 5.74) is 0.595. The van der Waals surface area contributed by atoms with Crippen LogP contribution in [0.2, 0.25) is 0 Å². The van der Waals surface area contributed by atoms with Crippen LogP contribution in [0.25, 0.3) is 0 Å². The van der Waals surface area contributed by atoms with Crippen LogP contribution >= 0.6 is 0 Å². The summed E-state index contributed by atoms with van der Waals surface area (Å²) in [4.78, 5) is 0. The zero-order chi connectivity index (χ0) is 6.86. The lowest BCUT2D eigenvalue weighted by Crippen LogP contribution is -2.40. The van der Waals surface area contributed by atoms with E-state index < -0.39 is 0 Å². The molecule has 0 saturated carbocycles. The van der Waals surface area contributed by atoms with Gasteiger partial charge in [-0.05, 0) is 31.2 Å². The van der Waals surface area contributed by atoms with Crippen LogP contribution in [-0.4, -0.2) is 26.2 Å². The van der Waals surface area contributed by atoms with Gasteiger partial charge in [0, 0.05) is 19.6 Å². The van der Waals surface area contributed by atoms with Crippen LogP contribution < -0.4 is 10.6 Å². The van der Waals surface area contributed by atoms with Gasteiger partial charge in [-0.15, -0.1) is 0 Å². The van der Waals surface area contributed by atoms with Crippen molar-refractivity contribution >= 4 is 0 Å². The lowest BCUT2D eigenvalue weighted by molar-refractivity contribution is 0.235. The lowest BCUT2D eigenvalue weighted by atomic mass is 9.80. The van der Waals surface area contributed by atoms with Crippen LogP contribution in [0.4, 0.5) is 0 Å². The molecule has 1 radical (unpaired) electrons. The first-order valence-corrected chi connectivity index (χ1v) is 4.25. The van der Waals surface area contributed by atoms with E-state index in [4.69, 9.17) is 0 Å². The summed E-state index contributed by atoms with van der Waals surface area (Å²) in [6, 6.07) is 0.